The van der Waals surface area contributed by atoms with Crippen molar-refractivity contribution in [1.82, 2.24) is 4.57 Å². The lowest BCUT2D eigenvalue weighted by molar-refractivity contribution is -0.0247. The minimum absolute atomic E-state index is 0.206. The molecule has 134 valence electrons. The molecular weight excluding hydrogens is 334 g/mol. The van der Waals surface area contributed by atoms with E-state index >= 15 is 0 Å². The van der Waals surface area contributed by atoms with Crippen LogP contribution in [0.1, 0.15) is 24.2 Å². The van der Waals surface area contributed by atoms with Gasteiger partial charge in [0.25, 0.3) is 0 Å². The lowest BCUT2D eigenvalue weighted by Gasteiger charge is -2.36. The summed E-state index contributed by atoms with van der Waals surface area (Å²) in [6.45, 7) is 3.29. The predicted octanol–water partition coefficient (Wildman–Crippen LogP) is 2.41. The third-order valence-corrected chi connectivity index (χ3v) is 5.05. The number of aryl methyl sites for hydroxylation is 1. The Morgan fingerprint density at radius 1 is 1.23 bits per heavy atom. The van der Waals surface area contributed by atoms with Gasteiger partial charge in [0.2, 0.25) is 11.2 Å². The first-order chi connectivity index (χ1) is 12.3. The van der Waals surface area contributed by atoms with Crippen LogP contribution in [0.2, 0.25) is 0 Å². The molecule has 3 aromatic rings. The number of methoxy groups -OCH3 is 1. The van der Waals surface area contributed by atoms with Crippen LogP contribution in [0, 0.1) is 0 Å². The molecule has 6 nitrogen and oxygen atoms in total. The number of benzene rings is 2. The van der Waals surface area contributed by atoms with E-state index < -0.39 is 17.5 Å². The van der Waals surface area contributed by atoms with Crippen molar-refractivity contribution in [3.63, 3.8) is 0 Å². The maximum atomic E-state index is 13.1. The maximum Gasteiger partial charge on any atom is 0.201 e. The van der Waals surface area contributed by atoms with E-state index in [9.17, 15) is 14.7 Å². The molecule has 2 heterocycles. The minimum atomic E-state index is -1.33. The fraction of sp³-hybridized carbons (Fsp3) is 0.300. The lowest BCUT2D eigenvalue weighted by Crippen LogP contribution is -2.50. The average Bonchev–Trinajstić information content (AvgIpc) is 2.62. The molecule has 0 radical (unpaired) electrons. The second-order valence-corrected chi connectivity index (χ2v) is 7.05. The molecule has 0 bridgehead atoms. The maximum absolute atomic E-state index is 13.1. The van der Waals surface area contributed by atoms with Gasteiger partial charge in [-0.3, -0.25) is 9.59 Å². The van der Waals surface area contributed by atoms with Gasteiger partial charge in [0.05, 0.1) is 29.1 Å². The van der Waals surface area contributed by atoms with E-state index in [0.29, 0.717) is 33.3 Å². The Morgan fingerprint density at radius 3 is 2.62 bits per heavy atom. The van der Waals surface area contributed by atoms with Gasteiger partial charge in [0.15, 0.2) is 6.10 Å². The van der Waals surface area contributed by atoms with E-state index in [4.69, 9.17) is 9.47 Å². The van der Waals surface area contributed by atoms with Gasteiger partial charge in [-0.25, -0.2) is 0 Å². The van der Waals surface area contributed by atoms with Crippen LogP contribution in [0.3, 0.4) is 0 Å². The van der Waals surface area contributed by atoms with Gasteiger partial charge in [0.1, 0.15) is 17.1 Å². The Labute approximate surface area is 149 Å². The molecule has 0 saturated carbocycles. The SMILES string of the molecule is COc1cc2c(c3c1c(=O)c1ccccc1n3C)C(=O)C(O)C(C)(C)O2. The number of aliphatic hydroxyl groups excluding tert-OH is 1. The molecule has 1 unspecified atom stereocenters. The molecule has 0 fully saturated rings. The van der Waals surface area contributed by atoms with Gasteiger partial charge in [-0.15, -0.1) is 0 Å². The van der Waals surface area contributed by atoms with Crippen molar-refractivity contribution >= 4 is 27.6 Å². The van der Waals surface area contributed by atoms with E-state index in [1.165, 1.54) is 7.11 Å². The van der Waals surface area contributed by atoms with Crippen molar-refractivity contribution in [1.29, 1.82) is 0 Å². The largest absolute Gasteiger partial charge is 0.496 e. The molecule has 1 aromatic heterocycles. The van der Waals surface area contributed by atoms with E-state index in [1.807, 2.05) is 12.1 Å². The molecule has 2 aromatic carbocycles. The van der Waals surface area contributed by atoms with Crippen LogP contribution >= 0.6 is 0 Å². The Kier molecular flexibility index (Phi) is 3.39. The molecule has 0 spiro atoms. The van der Waals surface area contributed by atoms with Gasteiger partial charge < -0.3 is 19.1 Å². The summed E-state index contributed by atoms with van der Waals surface area (Å²) in [7, 11) is 3.25. The number of rotatable bonds is 1. The fourth-order valence-corrected chi connectivity index (χ4v) is 3.66. The van der Waals surface area contributed by atoms with Crippen molar-refractivity contribution in [2.24, 2.45) is 7.05 Å². The zero-order chi connectivity index (χ0) is 18.8. The van der Waals surface area contributed by atoms with Crippen LogP contribution in [0.25, 0.3) is 21.8 Å². The first kappa shape index (κ1) is 16.6. The van der Waals surface area contributed by atoms with Crippen LogP contribution < -0.4 is 14.9 Å². The van der Waals surface area contributed by atoms with Crippen LogP contribution in [0.4, 0.5) is 0 Å². The Balaban J connectivity index is 2.27. The summed E-state index contributed by atoms with van der Waals surface area (Å²) in [6, 6.07) is 8.74. The second-order valence-electron chi connectivity index (χ2n) is 7.05. The number of carbonyl (C=O) groups excluding carboxylic acids is 1. The number of para-hydroxylation sites is 1. The Bertz CT molecular complexity index is 1140. The summed E-state index contributed by atoms with van der Waals surface area (Å²) in [5.41, 5.74) is 0.00649. The number of aliphatic hydroxyl groups is 1. The molecule has 0 amide bonds. The zero-order valence-electron chi connectivity index (χ0n) is 15.0. The fourth-order valence-electron chi connectivity index (χ4n) is 3.66. The second kappa shape index (κ2) is 5.32. The van der Waals surface area contributed by atoms with E-state index in [0.717, 1.165) is 0 Å². The molecule has 1 N–H and O–H groups in total. The molecule has 1 aliphatic heterocycles. The third kappa shape index (κ3) is 2.02. The molecule has 0 aliphatic carbocycles. The number of hydrogen-bond acceptors (Lipinski definition) is 5. The van der Waals surface area contributed by atoms with E-state index in [2.05, 4.69) is 0 Å². The normalized spacial score (nSPS) is 18.7. The highest BCUT2D eigenvalue weighted by Crippen LogP contribution is 2.41. The molecular formula is C20H19NO5. The highest BCUT2D eigenvalue weighted by molar-refractivity contribution is 6.15. The Morgan fingerprint density at radius 2 is 1.92 bits per heavy atom. The first-order valence-electron chi connectivity index (χ1n) is 8.31. The van der Waals surface area contributed by atoms with Gasteiger partial charge in [-0.1, -0.05) is 12.1 Å². The van der Waals surface area contributed by atoms with Gasteiger partial charge >= 0.3 is 0 Å². The first-order valence-corrected chi connectivity index (χ1v) is 8.31. The van der Waals surface area contributed by atoms with Crippen LogP contribution in [-0.2, 0) is 7.05 Å². The zero-order valence-corrected chi connectivity index (χ0v) is 15.0. The number of fused-ring (bicyclic) bond motifs is 4. The highest BCUT2D eigenvalue weighted by Gasteiger charge is 2.44. The van der Waals surface area contributed by atoms with Crippen molar-refractivity contribution in [2.75, 3.05) is 7.11 Å². The summed E-state index contributed by atoms with van der Waals surface area (Å²) in [5.74, 6) is 0.180. The van der Waals surface area contributed by atoms with Crippen LogP contribution in [-0.4, -0.2) is 34.3 Å². The van der Waals surface area contributed by atoms with Crippen molar-refractivity contribution < 1.29 is 19.4 Å². The number of nitrogens with zero attached hydrogens (tertiary/aromatic N) is 1. The van der Waals surface area contributed by atoms with Crippen molar-refractivity contribution in [2.45, 2.75) is 25.6 Å². The smallest absolute Gasteiger partial charge is 0.201 e. The van der Waals surface area contributed by atoms with Gasteiger partial charge in [-0.2, -0.15) is 0 Å². The molecule has 6 heteroatoms. The number of ether oxygens (including phenoxy) is 2. The summed E-state index contributed by atoms with van der Waals surface area (Å²) in [5, 5.41) is 11.3. The molecule has 1 aliphatic rings. The number of aromatic nitrogens is 1. The Hall–Kier alpha value is -2.86. The summed E-state index contributed by atoms with van der Waals surface area (Å²) in [4.78, 5) is 26.1. The lowest BCUT2D eigenvalue weighted by atomic mass is 9.88. The highest BCUT2D eigenvalue weighted by atomic mass is 16.5. The number of carbonyl (C=O) groups is 1. The van der Waals surface area contributed by atoms with Crippen molar-refractivity contribution in [3.8, 4) is 11.5 Å². The molecule has 4 rings (SSSR count). The topological polar surface area (TPSA) is 77.8 Å². The van der Waals surface area contributed by atoms with Crippen LogP contribution in [0.15, 0.2) is 35.1 Å². The minimum Gasteiger partial charge on any atom is -0.496 e. The average molecular weight is 353 g/mol. The quantitative estimate of drug-likeness (QED) is 0.680. The summed E-state index contributed by atoms with van der Waals surface area (Å²) in [6.07, 6.45) is -1.33. The number of ketones is 1. The molecule has 1 atom stereocenters. The van der Waals surface area contributed by atoms with Gasteiger partial charge in [-0.05, 0) is 26.0 Å². The molecule has 0 saturated heterocycles. The third-order valence-electron chi connectivity index (χ3n) is 5.05. The molecule has 26 heavy (non-hydrogen) atoms. The summed E-state index contributed by atoms with van der Waals surface area (Å²) >= 11 is 0. The number of pyridine rings is 1. The monoisotopic (exact) mass is 353 g/mol. The number of Topliss-reactive ketones (excluding diaryl/α,β-unsaturated/α-hetero) is 1. The van der Waals surface area contributed by atoms with Gasteiger partial charge in [0, 0.05) is 18.5 Å². The predicted molar refractivity (Wildman–Crippen MR) is 98.3 cm³/mol. The van der Waals surface area contributed by atoms with E-state index in [1.54, 1.807) is 43.7 Å². The van der Waals surface area contributed by atoms with Crippen LogP contribution in [0.5, 0.6) is 11.5 Å². The van der Waals surface area contributed by atoms with Crippen molar-refractivity contribution in [3.05, 3.63) is 46.1 Å². The van der Waals surface area contributed by atoms with E-state index in [-0.39, 0.29) is 11.0 Å². The number of hydrogen-bond donors (Lipinski definition) is 1. The summed E-state index contributed by atoms with van der Waals surface area (Å²) < 4.78 is 13.1. The standard InChI is InChI=1S/C20H19NO5/c1-20(2)19(24)18(23)15-13(26-20)9-12(25-4)14-16(15)21(3)11-8-6-5-7-10(11)17(14)22/h5-9,19,24H,1-4H3.